The van der Waals surface area contributed by atoms with Crippen molar-refractivity contribution < 1.29 is 9.59 Å². The van der Waals surface area contributed by atoms with Crippen LogP contribution in [0, 0.1) is 0 Å². The zero-order valence-electron chi connectivity index (χ0n) is 9.78. The lowest BCUT2D eigenvalue weighted by atomic mass is 10.1. The zero-order chi connectivity index (χ0) is 12.4. The fraction of sp³-hybridized carbons (Fsp3) is 0.333. The second-order valence-corrected chi connectivity index (χ2v) is 4.01. The van der Waals surface area contributed by atoms with Crippen LogP contribution in [-0.2, 0) is 9.59 Å². The van der Waals surface area contributed by atoms with E-state index in [-0.39, 0.29) is 11.8 Å². The van der Waals surface area contributed by atoms with Gasteiger partial charge in [0.2, 0.25) is 11.8 Å². The Labute approximate surface area is 99.6 Å². The van der Waals surface area contributed by atoms with E-state index in [1.165, 1.54) is 0 Å². The zero-order valence-corrected chi connectivity index (χ0v) is 9.78. The van der Waals surface area contributed by atoms with E-state index in [0.29, 0.717) is 0 Å². The molecule has 0 aliphatic carbocycles. The van der Waals surface area contributed by atoms with Crippen LogP contribution in [0.4, 0.5) is 5.69 Å². The Morgan fingerprint density at radius 2 is 2.12 bits per heavy atom. The minimum absolute atomic E-state index is 0.123. The summed E-state index contributed by atoms with van der Waals surface area (Å²) in [6.07, 6.45) is 0. The van der Waals surface area contributed by atoms with Crippen LogP contribution in [0.25, 0.3) is 0 Å². The largest absolute Gasteiger partial charge is 0.358 e. The summed E-state index contributed by atoms with van der Waals surface area (Å²) < 4.78 is 0. The highest BCUT2D eigenvalue weighted by Crippen LogP contribution is 2.30. The highest BCUT2D eigenvalue weighted by molar-refractivity contribution is 6.02. The van der Waals surface area contributed by atoms with Crippen molar-refractivity contribution in [1.82, 2.24) is 10.6 Å². The smallest absolute Gasteiger partial charge is 0.246 e. The molecule has 0 saturated carbocycles. The summed E-state index contributed by atoms with van der Waals surface area (Å²) in [6.45, 7) is 1.73. The standard InChI is InChI=1S/C12H15N3O2/c1-7(11(16)13-2)14-10-8-5-3-4-6-9(8)15-12(10)17/h3-7,10,14H,1-2H3,(H,13,16)(H,15,17). The van der Waals surface area contributed by atoms with Crippen molar-refractivity contribution in [3.8, 4) is 0 Å². The normalized spacial score (nSPS) is 19.4. The SMILES string of the molecule is CNC(=O)C(C)NC1C(=O)Nc2ccccc21. The number of amides is 2. The summed E-state index contributed by atoms with van der Waals surface area (Å²) in [7, 11) is 1.57. The van der Waals surface area contributed by atoms with E-state index in [4.69, 9.17) is 0 Å². The van der Waals surface area contributed by atoms with Gasteiger partial charge in [0.05, 0.1) is 6.04 Å². The molecule has 1 aliphatic heterocycles. The Balaban J connectivity index is 2.17. The number of nitrogens with one attached hydrogen (secondary N) is 3. The quantitative estimate of drug-likeness (QED) is 0.708. The molecular weight excluding hydrogens is 218 g/mol. The molecule has 0 saturated heterocycles. The van der Waals surface area contributed by atoms with Crippen LogP contribution in [0.5, 0.6) is 0 Å². The van der Waals surface area contributed by atoms with Crippen molar-refractivity contribution >= 4 is 17.5 Å². The van der Waals surface area contributed by atoms with E-state index in [0.717, 1.165) is 11.3 Å². The molecule has 5 nitrogen and oxygen atoms in total. The molecule has 0 fully saturated rings. The number of carbonyl (C=O) groups excluding carboxylic acids is 2. The van der Waals surface area contributed by atoms with Gasteiger partial charge in [-0.05, 0) is 13.0 Å². The molecule has 1 aromatic rings. The summed E-state index contributed by atoms with van der Waals surface area (Å²) >= 11 is 0. The lowest BCUT2D eigenvalue weighted by Gasteiger charge is -2.16. The Morgan fingerprint density at radius 3 is 2.82 bits per heavy atom. The molecule has 2 unspecified atom stereocenters. The fourth-order valence-corrected chi connectivity index (χ4v) is 1.92. The van der Waals surface area contributed by atoms with E-state index in [2.05, 4.69) is 16.0 Å². The lowest BCUT2D eigenvalue weighted by molar-refractivity contribution is -0.123. The van der Waals surface area contributed by atoms with Gasteiger partial charge in [-0.25, -0.2) is 0 Å². The molecule has 0 bridgehead atoms. The molecule has 0 spiro atoms. The molecule has 0 aromatic heterocycles. The van der Waals surface area contributed by atoms with Gasteiger partial charge in [-0.15, -0.1) is 0 Å². The van der Waals surface area contributed by atoms with Gasteiger partial charge in [-0.1, -0.05) is 18.2 Å². The number of anilines is 1. The second-order valence-electron chi connectivity index (χ2n) is 4.01. The molecule has 1 heterocycles. The summed E-state index contributed by atoms with van der Waals surface area (Å²) in [6, 6.07) is 6.59. The predicted molar refractivity (Wildman–Crippen MR) is 64.5 cm³/mol. The number of fused-ring (bicyclic) bond motifs is 1. The first-order chi connectivity index (χ1) is 8.13. The molecule has 5 heteroatoms. The third-order valence-electron chi connectivity index (χ3n) is 2.85. The van der Waals surface area contributed by atoms with Crippen molar-refractivity contribution in [2.75, 3.05) is 12.4 Å². The van der Waals surface area contributed by atoms with Gasteiger partial charge in [-0.2, -0.15) is 0 Å². The van der Waals surface area contributed by atoms with Gasteiger partial charge in [0.25, 0.3) is 0 Å². The number of benzene rings is 1. The molecule has 3 N–H and O–H groups in total. The maximum absolute atomic E-state index is 11.8. The van der Waals surface area contributed by atoms with Gasteiger partial charge in [0, 0.05) is 18.3 Å². The third-order valence-corrected chi connectivity index (χ3v) is 2.85. The van der Waals surface area contributed by atoms with Crippen molar-refractivity contribution in [3.63, 3.8) is 0 Å². The van der Waals surface area contributed by atoms with Crippen LogP contribution in [0.3, 0.4) is 0 Å². The topological polar surface area (TPSA) is 70.2 Å². The molecule has 2 rings (SSSR count). The van der Waals surface area contributed by atoms with Crippen LogP contribution in [0.15, 0.2) is 24.3 Å². The maximum atomic E-state index is 11.8. The van der Waals surface area contributed by atoms with E-state index in [1.807, 2.05) is 24.3 Å². The Morgan fingerprint density at radius 1 is 1.41 bits per heavy atom. The molecule has 90 valence electrons. The first kappa shape index (κ1) is 11.6. The number of hydrogen-bond donors (Lipinski definition) is 3. The number of carbonyl (C=O) groups is 2. The predicted octanol–water partition coefficient (Wildman–Crippen LogP) is 0.404. The lowest BCUT2D eigenvalue weighted by Crippen LogP contribution is -2.44. The van der Waals surface area contributed by atoms with E-state index in [1.54, 1.807) is 14.0 Å². The highest BCUT2D eigenvalue weighted by Gasteiger charge is 2.31. The van der Waals surface area contributed by atoms with E-state index < -0.39 is 12.1 Å². The number of likely N-dealkylation sites (N-methyl/N-ethyl adjacent to an activating group) is 1. The van der Waals surface area contributed by atoms with Gasteiger partial charge < -0.3 is 10.6 Å². The van der Waals surface area contributed by atoms with Crippen LogP contribution >= 0.6 is 0 Å². The van der Waals surface area contributed by atoms with Crippen LogP contribution in [-0.4, -0.2) is 24.9 Å². The van der Waals surface area contributed by atoms with Crippen LogP contribution in [0.2, 0.25) is 0 Å². The molecule has 1 aliphatic rings. The van der Waals surface area contributed by atoms with Gasteiger partial charge in [0.1, 0.15) is 6.04 Å². The number of para-hydroxylation sites is 1. The monoisotopic (exact) mass is 233 g/mol. The Kier molecular flexibility index (Phi) is 3.10. The summed E-state index contributed by atoms with van der Waals surface area (Å²) in [5.41, 5.74) is 1.69. The van der Waals surface area contributed by atoms with Gasteiger partial charge in [-0.3, -0.25) is 14.9 Å². The van der Waals surface area contributed by atoms with Crippen molar-refractivity contribution in [2.24, 2.45) is 0 Å². The molecule has 2 atom stereocenters. The first-order valence-electron chi connectivity index (χ1n) is 5.51. The van der Waals surface area contributed by atoms with Crippen molar-refractivity contribution in [1.29, 1.82) is 0 Å². The average molecular weight is 233 g/mol. The van der Waals surface area contributed by atoms with Crippen LogP contribution in [0.1, 0.15) is 18.5 Å². The average Bonchev–Trinajstić information content (AvgIpc) is 2.65. The minimum Gasteiger partial charge on any atom is -0.358 e. The molecule has 17 heavy (non-hydrogen) atoms. The van der Waals surface area contributed by atoms with Gasteiger partial charge in [0.15, 0.2) is 0 Å². The highest BCUT2D eigenvalue weighted by atomic mass is 16.2. The first-order valence-corrected chi connectivity index (χ1v) is 5.51. The van der Waals surface area contributed by atoms with Crippen LogP contribution < -0.4 is 16.0 Å². The Hall–Kier alpha value is -1.88. The van der Waals surface area contributed by atoms with E-state index >= 15 is 0 Å². The molecular formula is C12H15N3O2. The summed E-state index contributed by atoms with van der Waals surface area (Å²) in [4.78, 5) is 23.2. The number of hydrogen-bond acceptors (Lipinski definition) is 3. The summed E-state index contributed by atoms with van der Waals surface area (Å²) in [5, 5.41) is 8.33. The number of rotatable bonds is 3. The fourth-order valence-electron chi connectivity index (χ4n) is 1.92. The molecule has 1 aromatic carbocycles. The summed E-state index contributed by atoms with van der Waals surface area (Å²) in [5.74, 6) is -0.260. The Bertz CT molecular complexity index is 459. The van der Waals surface area contributed by atoms with E-state index in [9.17, 15) is 9.59 Å². The maximum Gasteiger partial charge on any atom is 0.246 e. The van der Waals surface area contributed by atoms with Gasteiger partial charge >= 0.3 is 0 Å². The van der Waals surface area contributed by atoms with Crippen molar-refractivity contribution in [3.05, 3.63) is 29.8 Å². The third kappa shape index (κ3) is 2.14. The molecule has 2 amide bonds. The second kappa shape index (κ2) is 4.55. The molecule has 0 radical (unpaired) electrons. The van der Waals surface area contributed by atoms with Crippen molar-refractivity contribution in [2.45, 2.75) is 19.0 Å². The minimum atomic E-state index is -0.460.